The first-order chi connectivity index (χ1) is 9.69. The Kier molecular flexibility index (Phi) is 4.60. The topological polar surface area (TPSA) is 34.0 Å². The first kappa shape index (κ1) is 13.9. The first-order valence-electron chi connectivity index (χ1n) is 6.15. The van der Waals surface area contributed by atoms with Gasteiger partial charge >= 0.3 is 0 Å². The Hall–Kier alpha value is -2.49. The molecule has 4 heteroatoms. The minimum atomic E-state index is -0.243. The van der Waals surface area contributed by atoms with Crippen molar-refractivity contribution in [2.75, 3.05) is 7.11 Å². The summed E-state index contributed by atoms with van der Waals surface area (Å²) >= 11 is 0. The van der Waals surface area contributed by atoms with E-state index in [4.69, 9.17) is 4.74 Å². The van der Waals surface area contributed by atoms with Gasteiger partial charge in [-0.2, -0.15) is 10.2 Å². The average Bonchev–Trinajstić information content (AvgIpc) is 2.48. The van der Waals surface area contributed by atoms with Gasteiger partial charge in [0, 0.05) is 0 Å². The Morgan fingerprint density at radius 2 is 1.55 bits per heavy atom. The highest BCUT2D eigenvalue weighted by molar-refractivity contribution is 5.82. The summed E-state index contributed by atoms with van der Waals surface area (Å²) in [6, 6.07) is 12.4. The van der Waals surface area contributed by atoms with E-state index in [0.717, 1.165) is 11.3 Å². The van der Waals surface area contributed by atoms with Gasteiger partial charge in [0.1, 0.15) is 11.6 Å². The molecule has 0 atom stereocenters. The summed E-state index contributed by atoms with van der Waals surface area (Å²) in [5.74, 6) is 0.550. The van der Waals surface area contributed by atoms with Gasteiger partial charge in [-0.3, -0.25) is 0 Å². The van der Waals surface area contributed by atoms with Crippen LogP contribution in [0.1, 0.15) is 16.7 Å². The van der Waals surface area contributed by atoms with Crippen molar-refractivity contribution in [1.29, 1.82) is 0 Å². The molecular weight excluding hydrogens is 255 g/mol. The van der Waals surface area contributed by atoms with Crippen molar-refractivity contribution in [2.45, 2.75) is 6.92 Å². The van der Waals surface area contributed by atoms with Crippen molar-refractivity contribution in [3.05, 3.63) is 65.0 Å². The van der Waals surface area contributed by atoms with E-state index in [9.17, 15) is 4.39 Å². The molecular formula is C16H15FN2O. The molecule has 2 aromatic carbocycles. The third kappa shape index (κ3) is 3.75. The maximum absolute atomic E-state index is 13.3. The monoisotopic (exact) mass is 270 g/mol. The third-order valence-corrected chi connectivity index (χ3v) is 2.79. The molecule has 0 unspecified atom stereocenters. The lowest BCUT2D eigenvalue weighted by Crippen LogP contribution is -1.87. The summed E-state index contributed by atoms with van der Waals surface area (Å²) < 4.78 is 18.4. The maximum atomic E-state index is 13.3. The van der Waals surface area contributed by atoms with E-state index in [1.807, 2.05) is 24.3 Å². The van der Waals surface area contributed by atoms with E-state index in [1.165, 1.54) is 12.3 Å². The number of halogens is 1. The van der Waals surface area contributed by atoms with Crippen molar-refractivity contribution in [2.24, 2.45) is 10.2 Å². The van der Waals surface area contributed by atoms with Crippen molar-refractivity contribution in [3.63, 3.8) is 0 Å². The van der Waals surface area contributed by atoms with Crippen LogP contribution in [0, 0.1) is 12.7 Å². The van der Waals surface area contributed by atoms with Gasteiger partial charge in [0.2, 0.25) is 0 Å². The van der Waals surface area contributed by atoms with Crippen molar-refractivity contribution >= 4 is 12.4 Å². The largest absolute Gasteiger partial charge is 0.497 e. The molecule has 0 saturated heterocycles. The predicted octanol–water partition coefficient (Wildman–Crippen LogP) is 3.60. The standard InChI is InChI=1S/C16H15FN2O/c1-12-3-4-14(9-16(12)17)11-19-18-10-13-5-7-15(20-2)8-6-13/h3-11H,1-2H3. The summed E-state index contributed by atoms with van der Waals surface area (Å²) in [5, 5.41) is 7.82. The summed E-state index contributed by atoms with van der Waals surface area (Å²) in [6.07, 6.45) is 3.14. The molecule has 0 aliphatic rings. The lowest BCUT2D eigenvalue weighted by molar-refractivity contribution is 0.415. The van der Waals surface area contributed by atoms with E-state index in [-0.39, 0.29) is 5.82 Å². The molecule has 0 N–H and O–H groups in total. The molecule has 102 valence electrons. The highest BCUT2D eigenvalue weighted by atomic mass is 19.1. The quantitative estimate of drug-likeness (QED) is 0.617. The van der Waals surface area contributed by atoms with Gasteiger partial charge in [-0.05, 0) is 53.9 Å². The number of aryl methyl sites for hydroxylation is 1. The molecule has 0 aliphatic carbocycles. The molecule has 2 aromatic rings. The Morgan fingerprint density at radius 3 is 2.15 bits per heavy atom. The fourth-order valence-corrected chi connectivity index (χ4v) is 1.58. The lowest BCUT2D eigenvalue weighted by atomic mass is 10.1. The second-order valence-electron chi connectivity index (χ2n) is 4.27. The third-order valence-electron chi connectivity index (χ3n) is 2.79. The second-order valence-corrected chi connectivity index (χ2v) is 4.27. The number of hydrogen-bond acceptors (Lipinski definition) is 3. The van der Waals surface area contributed by atoms with E-state index in [2.05, 4.69) is 10.2 Å². The van der Waals surface area contributed by atoms with Crippen molar-refractivity contribution < 1.29 is 9.13 Å². The Bertz CT molecular complexity index is 633. The average molecular weight is 270 g/mol. The molecule has 2 rings (SSSR count). The van der Waals surface area contributed by atoms with Gasteiger partial charge in [0.15, 0.2) is 0 Å². The fraction of sp³-hybridized carbons (Fsp3) is 0.125. The molecule has 0 amide bonds. The normalized spacial score (nSPS) is 11.3. The van der Waals surface area contributed by atoms with Crippen LogP contribution in [0.2, 0.25) is 0 Å². The van der Waals surface area contributed by atoms with E-state index in [1.54, 1.807) is 32.4 Å². The fourth-order valence-electron chi connectivity index (χ4n) is 1.58. The second kappa shape index (κ2) is 6.61. The molecule has 0 aromatic heterocycles. The zero-order chi connectivity index (χ0) is 14.4. The summed E-state index contributed by atoms with van der Waals surface area (Å²) in [5.41, 5.74) is 2.21. The van der Waals surface area contributed by atoms with Gasteiger partial charge < -0.3 is 4.74 Å². The lowest BCUT2D eigenvalue weighted by Gasteiger charge is -1.98. The van der Waals surface area contributed by atoms with Gasteiger partial charge in [0.05, 0.1) is 19.5 Å². The number of ether oxygens (including phenoxy) is 1. The molecule has 0 saturated carbocycles. The van der Waals surface area contributed by atoms with Crippen LogP contribution in [0.25, 0.3) is 0 Å². The van der Waals surface area contributed by atoms with Crippen LogP contribution >= 0.6 is 0 Å². The number of benzene rings is 2. The molecule has 0 heterocycles. The molecule has 0 aliphatic heterocycles. The Morgan fingerprint density at radius 1 is 0.950 bits per heavy atom. The minimum Gasteiger partial charge on any atom is -0.497 e. The Balaban J connectivity index is 2.01. The van der Waals surface area contributed by atoms with Crippen LogP contribution in [-0.2, 0) is 0 Å². The summed E-state index contributed by atoms with van der Waals surface area (Å²) in [4.78, 5) is 0. The molecule has 0 radical (unpaired) electrons. The van der Waals surface area contributed by atoms with Crippen LogP contribution in [0.15, 0.2) is 52.7 Å². The van der Waals surface area contributed by atoms with Crippen LogP contribution in [0.4, 0.5) is 4.39 Å². The number of nitrogens with zero attached hydrogens (tertiary/aromatic N) is 2. The number of methoxy groups -OCH3 is 1. The highest BCUT2D eigenvalue weighted by Gasteiger charge is 1.96. The van der Waals surface area contributed by atoms with Crippen LogP contribution in [-0.4, -0.2) is 19.5 Å². The smallest absolute Gasteiger partial charge is 0.126 e. The van der Waals surface area contributed by atoms with Gasteiger partial charge in [-0.25, -0.2) is 4.39 Å². The summed E-state index contributed by atoms with van der Waals surface area (Å²) in [6.45, 7) is 1.72. The molecule has 0 spiro atoms. The molecule has 0 bridgehead atoms. The van der Waals surface area contributed by atoms with Gasteiger partial charge in [-0.1, -0.05) is 12.1 Å². The van der Waals surface area contributed by atoms with Crippen LogP contribution in [0.5, 0.6) is 5.75 Å². The highest BCUT2D eigenvalue weighted by Crippen LogP contribution is 2.10. The van der Waals surface area contributed by atoms with E-state index in [0.29, 0.717) is 11.1 Å². The maximum Gasteiger partial charge on any atom is 0.126 e. The van der Waals surface area contributed by atoms with E-state index < -0.39 is 0 Å². The van der Waals surface area contributed by atoms with E-state index >= 15 is 0 Å². The van der Waals surface area contributed by atoms with Gasteiger partial charge in [-0.15, -0.1) is 0 Å². The SMILES string of the molecule is COc1ccc(C=NN=Cc2ccc(C)c(F)c2)cc1. The van der Waals surface area contributed by atoms with Crippen LogP contribution in [0.3, 0.4) is 0 Å². The zero-order valence-electron chi connectivity index (χ0n) is 11.4. The molecule has 3 nitrogen and oxygen atoms in total. The van der Waals surface area contributed by atoms with Crippen molar-refractivity contribution in [3.8, 4) is 5.75 Å². The summed E-state index contributed by atoms with van der Waals surface area (Å²) in [7, 11) is 1.62. The Labute approximate surface area is 117 Å². The van der Waals surface area contributed by atoms with Crippen LogP contribution < -0.4 is 4.74 Å². The predicted molar refractivity (Wildman–Crippen MR) is 79.3 cm³/mol. The first-order valence-corrected chi connectivity index (χ1v) is 6.15. The van der Waals surface area contributed by atoms with Gasteiger partial charge in [0.25, 0.3) is 0 Å². The number of rotatable bonds is 4. The zero-order valence-corrected chi connectivity index (χ0v) is 11.4. The minimum absolute atomic E-state index is 0.243. The molecule has 20 heavy (non-hydrogen) atoms. The molecule has 0 fully saturated rings. The number of hydrogen-bond donors (Lipinski definition) is 0. The van der Waals surface area contributed by atoms with Crippen molar-refractivity contribution in [1.82, 2.24) is 0 Å².